The van der Waals surface area contributed by atoms with Crippen molar-refractivity contribution >= 4 is 40.2 Å². The van der Waals surface area contributed by atoms with Gasteiger partial charge in [0.1, 0.15) is 12.4 Å². The summed E-state index contributed by atoms with van der Waals surface area (Å²) < 4.78 is 6.11. The molecule has 0 saturated carbocycles. The van der Waals surface area contributed by atoms with Crippen molar-refractivity contribution in [1.29, 1.82) is 0 Å². The van der Waals surface area contributed by atoms with Gasteiger partial charge in [0.15, 0.2) is 0 Å². The number of aliphatic imine (C=N–C) groups is 1. The molecule has 0 aliphatic carbocycles. The molecule has 0 saturated heterocycles. The molecule has 1 N–H and O–H groups in total. The highest BCUT2D eigenvalue weighted by Crippen LogP contribution is 2.30. The number of benzene rings is 4. The maximum Gasteiger partial charge on any atom is 0.335 e. The van der Waals surface area contributed by atoms with Crippen LogP contribution < -0.4 is 4.74 Å². The molecule has 0 bridgehead atoms. The number of rotatable bonds is 6. The molecule has 0 radical (unpaired) electrons. The maximum atomic E-state index is 11.0. The van der Waals surface area contributed by atoms with Crippen LogP contribution in [0.3, 0.4) is 0 Å². The Labute approximate surface area is 185 Å². The van der Waals surface area contributed by atoms with E-state index in [0.29, 0.717) is 17.4 Å². The van der Waals surface area contributed by atoms with E-state index in [1.807, 2.05) is 67.7 Å². The van der Waals surface area contributed by atoms with Crippen LogP contribution in [0.15, 0.2) is 83.9 Å². The van der Waals surface area contributed by atoms with Crippen molar-refractivity contribution in [3.05, 3.63) is 106 Å². The Morgan fingerprint density at radius 2 is 1.77 bits per heavy atom. The molecule has 0 fully saturated rings. The maximum absolute atomic E-state index is 11.0. The highest BCUT2D eigenvalue weighted by atomic mass is 35.5. The zero-order chi connectivity index (χ0) is 21.8. The molecule has 0 atom stereocenters. The third kappa shape index (κ3) is 4.60. The second-order valence-electron chi connectivity index (χ2n) is 7.13. The van der Waals surface area contributed by atoms with E-state index in [4.69, 9.17) is 21.4 Å². The van der Waals surface area contributed by atoms with Gasteiger partial charge in [-0.3, -0.25) is 4.99 Å². The summed E-state index contributed by atoms with van der Waals surface area (Å²) in [6, 6.07) is 24.3. The number of carboxylic acid groups (broad SMARTS) is 1. The Balaban J connectivity index is 1.67. The molecular weight excluding hydrogens is 410 g/mol. The van der Waals surface area contributed by atoms with Crippen molar-refractivity contribution in [2.75, 3.05) is 0 Å². The molecule has 0 aromatic heterocycles. The van der Waals surface area contributed by atoms with E-state index < -0.39 is 5.97 Å². The normalized spacial score (nSPS) is 11.2. The average molecular weight is 430 g/mol. The van der Waals surface area contributed by atoms with E-state index in [2.05, 4.69) is 4.99 Å². The predicted molar refractivity (Wildman–Crippen MR) is 125 cm³/mol. The molecule has 0 unspecified atom stereocenters. The first-order valence-corrected chi connectivity index (χ1v) is 10.2. The first kappa shape index (κ1) is 20.6. The average Bonchev–Trinajstić information content (AvgIpc) is 2.79. The van der Waals surface area contributed by atoms with E-state index in [-0.39, 0.29) is 5.56 Å². The molecule has 0 spiro atoms. The lowest BCUT2D eigenvalue weighted by Crippen LogP contribution is -2.01. The summed E-state index contributed by atoms with van der Waals surface area (Å²) >= 11 is 6.23. The van der Waals surface area contributed by atoms with Gasteiger partial charge in [-0.15, -0.1) is 0 Å². The molecule has 0 aliphatic rings. The van der Waals surface area contributed by atoms with Gasteiger partial charge >= 0.3 is 5.97 Å². The minimum Gasteiger partial charge on any atom is -0.488 e. The summed E-state index contributed by atoms with van der Waals surface area (Å²) in [5.41, 5.74) is 3.72. The summed E-state index contributed by atoms with van der Waals surface area (Å²) in [5.74, 6) is -0.249. The highest BCUT2D eigenvalue weighted by molar-refractivity contribution is 6.31. The smallest absolute Gasteiger partial charge is 0.335 e. The minimum absolute atomic E-state index is 0.249. The number of hydrogen-bond donors (Lipinski definition) is 1. The Morgan fingerprint density at radius 1 is 1.00 bits per heavy atom. The quantitative estimate of drug-likeness (QED) is 0.342. The van der Waals surface area contributed by atoms with E-state index in [9.17, 15) is 4.79 Å². The second kappa shape index (κ2) is 9.02. The van der Waals surface area contributed by atoms with Gasteiger partial charge in [-0.1, -0.05) is 60.1 Å². The summed E-state index contributed by atoms with van der Waals surface area (Å²) in [7, 11) is 0. The van der Waals surface area contributed by atoms with Gasteiger partial charge in [-0.05, 0) is 59.2 Å². The van der Waals surface area contributed by atoms with Crippen molar-refractivity contribution in [2.45, 2.75) is 13.5 Å². The summed E-state index contributed by atoms with van der Waals surface area (Å²) in [6.45, 7) is 2.26. The SMILES string of the molecule is Cc1c(Cl)cccc1N=Cc1c(OCc2ccc(C(=O)O)cc2)ccc2ccccc12. The number of carboxylic acids is 1. The fourth-order valence-corrected chi connectivity index (χ4v) is 3.48. The Hall–Kier alpha value is -3.63. The van der Waals surface area contributed by atoms with E-state index in [0.717, 1.165) is 33.2 Å². The highest BCUT2D eigenvalue weighted by Gasteiger charge is 2.09. The fraction of sp³-hybridized carbons (Fsp3) is 0.0769. The van der Waals surface area contributed by atoms with Gasteiger partial charge in [0.25, 0.3) is 0 Å². The molecule has 0 amide bonds. The lowest BCUT2D eigenvalue weighted by atomic mass is 10.0. The Morgan fingerprint density at radius 3 is 2.55 bits per heavy atom. The van der Waals surface area contributed by atoms with Crippen LogP contribution in [0.4, 0.5) is 5.69 Å². The molecule has 4 aromatic carbocycles. The molecule has 4 aromatic rings. The number of nitrogens with zero attached hydrogens (tertiary/aromatic N) is 1. The molecule has 0 heterocycles. The van der Waals surface area contributed by atoms with Crippen LogP contribution in [0.5, 0.6) is 5.75 Å². The van der Waals surface area contributed by atoms with Crippen LogP contribution in [0.1, 0.15) is 27.0 Å². The van der Waals surface area contributed by atoms with Gasteiger partial charge in [0.2, 0.25) is 0 Å². The number of hydrogen-bond acceptors (Lipinski definition) is 3. The third-order valence-corrected chi connectivity index (χ3v) is 5.51. The summed E-state index contributed by atoms with van der Waals surface area (Å²) in [5, 5.41) is 11.9. The largest absolute Gasteiger partial charge is 0.488 e. The first-order valence-electron chi connectivity index (χ1n) is 9.79. The van der Waals surface area contributed by atoms with E-state index >= 15 is 0 Å². The number of aromatic carboxylic acids is 1. The monoisotopic (exact) mass is 429 g/mol. The predicted octanol–water partition coefficient (Wildman–Crippen LogP) is 6.83. The summed E-state index contributed by atoms with van der Waals surface area (Å²) in [4.78, 5) is 15.7. The van der Waals surface area contributed by atoms with Crippen LogP contribution in [-0.2, 0) is 6.61 Å². The molecule has 154 valence electrons. The molecular formula is C26H20ClNO3. The second-order valence-corrected chi connectivity index (χ2v) is 7.54. The van der Waals surface area contributed by atoms with Crippen molar-refractivity contribution in [2.24, 2.45) is 4.99 Å². The topological polar surface area (TPSA) is 58.9 Å². The lowest BCUT2D eigenvalue weighted by Gasteiger charge is -2.12. The van der Waals surface area contributed by atoms with Crippen LogP contribution in [0.25, 0.3) is 10.8 Å². The van der Waals surface area contributed by atoms with Crippen LogP contribution in [0.2, 0.25) is 5.02 Å². The third-order valence-electron chi connectivity index (χ3n) is 5.10. The van der Waals surface area contributed by atoms with Crippen LogP contribution in [0, 0.1) is 6.92 Å². The molecule has 4 rings (SSSR count). The summed E-state index contributed by atoms with van der Waals surface area (Å²) in [6.07, 6.45) is 1.81. The van der Waals surface area contributed by atoms with Crippen molar-refractivity contribution in [1.82, 2.24) is 0 Å². The Kier molecular flexibility index (Phi) is 6.01. The van der Waals surface area contributed by atoms with Gasteiger partial charge in [0.05, 0.1) is 11.3 Å². The lowest BCUT2D eigenvalue weighted by molar-refractivity contribution is 0.0697. The van der Waals surface area contributed by atoms with Gasteiger partial charge < -0.3 is 9.84 Å². The molecule has 31 heavy (non-hydrogen) atoms. The van der Waals surface area contributed by atoms with Crippen molar-refractivity contribution in [3.8, 4) is 5.75 Å². The number of ether oxygens (including phenoxy) is 1. The van der Waals surface area contributed by atoms with Crippen molar-refractivity contribution < 1.29 is 14.6 Å². The number of fused-ring (bicyclic) bond motifs is 1. The minimum atomic E-state index is -0.947. The zero-order valence-corrected chi connectivity index (χ0v) is 17.6. The first-order chi connectivity index (χ1) is 15.0. The van der Waals surface area contributed by atoms with E-state index in [1.165, 1.54) is 0 Å². The van der Waals surface area contributed by atoms with Gasteiger partial charge in [0, 0.05) is 16.8 Å². The molecule has 0 aliphatic heterocycles. The van der Waals surface area contributed by atoms with Crippen molar-refractivity contribution in [3.63, 3.8) is 0 Å². The molecule has 4 nitrogen and oxygen atoms in total. The number of carbonyl (C=O) groups is 1. The van der Waals surface area contributed by atoms with Crippen LogP contribution >= 0.6 is 11.6 Å². The molecule has 5 heteroatoms. The van der Waals surface area contributed by atoms with Crippen LogP contribution in [-0.4, -0.2) is 17.3 Å². The Bertz CT molecular complexity index is 1280. The fourth-order valence-electron chi connectivity index (χ4n) is 3.31. The van der Waals surface area contributed by atoms with Gasteiger partial charge in [-0.25, -0.2) is 4.79 Å². The standard InChI is InChI=1S/C26H20ClNO3/c1-17-23(27)7-4-8-24(17)28-15-22-21-6-3-2-5-19(21)13-14-25(22)31-16-18-9-11-20(12-10-18)26(29)30/h2-15H,16H2,1H3,(H,29,30). The number of halogens is 1. The van der Waals surface area contributed by atoms with Gasteiger partial charge in [-0.2, -0.15) is 0 Å². The zero-order valence-electron chi connectivity index (χ0n) is 16.9. The van der Waals surface area contributed by atoms with E-state index in [1.54, 1.807) is 24.3 Å².